The molecule has 1 atom stereocenters. The first-order valence-electron chi connectivity index (χ1n) is 19.0. The minimum Gasteiger partial charge on any atom is -0.383 e. The molecule has 8 rings (SSSR count). The van der Waals surface area contributed by atoms with Gasteiger partial charge in [0.25, 0.3) is 5.91 Å². The Morgan fingerprint density at radius 2 is 1.63 bits per heavy atom. The summed E-state index contributed by atoms with van der Waals surface area (Å²) in [5.74, 6) is -0.383. The van der Waals surface area contributed by atoms with E-state index in [9.17, 15) is 13.2 Å². The van der Waals surface area contributed by atoms with Crippen LogP contribution in [-0.4, -0.2) is 134 Å². The lowest BCUT2D eigenvalue weighted by Crippen LogP contribution is -2.52. The number of amides is 1. The Labute approximate surface area is 301 Å². The number of fused-ring (bicyclic) bond motifs is 1. The largest absolute Gasteiger partial charge is 0.383 e. The van der Waals surface area contributed by atoms with Gasteiger partial charge in [0.1, 0.15) is 5.69 Å². The molecule has 14 heteroatoms. The van der Waals surface area contributed by atoms with Crippen molar-refractivity contribution in [3.8, 4) is 5.69 Å². The van der Waals surface area contributed by atoms with Gasteiger partial charge in [0.15, 0.2) is 5.65 Å². The predicted octanol–water partition coefficient (Wildman–Crippen LogP) is 3.54. The van der Waals surface area contributed by atoms with Gasteiger partial charge in [-0.05, 0) is 76.1 Å². The zero-order chi connectivity index (χ0) is 35.0. The van der Waals surface area contributed by atoms with Crippen molar-refractivity contribution < 1.29 is 22.7 Å². The topological polar surface area (TPSA) is 125 Å². The fourth-order valence-corrected chi connectivity index (χ4v) is 10.1. The Hall–Kier alpha value is -3.14. The van der Waals surface area contributed by atoms with Gasteiger partial charge in [-0.2, -0.15) is 17.8 Å². The molecule has 13 nitrogen and oxygen atoms in total. The van der Waals surface area contributed by atoms with Crippen LogP contribution >= 0.6 is 0 Å². The Balaban J connectivity index is 1.07. The van der Waals surface area contributed by atoms with Crippen LogP contribution < -0.4 is 9.62 Å². The van der Waals surface area contributed by atoms with E-state index in [1.165, 1.54) is 10.7 Å². The summed E-state index contributed by atoms with van der Waals surface area (Å²) in [6.45, 7) is 7.59. The highest BCUT2D eigenvalue weighted by atomic mass is 32.2. The van der Waals surface area contributed by atoms with Crippen LogP contribution in [0.3, 0.4) is 0 Å². The lowest BCUT2D eigenvalue weighted by Gasteiger charge is -2.41. The summed E-state index contributed by atoms with van der Waals surface area (Å²) in [6.07, 6.45) is 9.02. The smallest absolute Gasteiger partial charge is 0.304 e. The second-order valence-electron chi connectivity index (χ2n) is 14.9. The standard InChI is InChI=1S/C37H52N8O5S/c1-49-26-31-11-6-16-44(31)29-14-19-43(20-15-29)51(47,48)40-37(46)32-25-33(42-17-12-28(13-18-42)41-21-23-50-24-22-41)34-35(27-7-5-8-27)39-45(36(34)38-32)30-9-3-2-4-10-30/h2-4,9-10,25,27-29,31H,5-8,11-24,26H2,1H3,(H,40,46)/t31-/m0/s1. The number of ether oxygens (including phenoxy) is 2. The average molecular weight is 721 g/mol. The Morgan fingerprint density at radius 3 is 2.31 bits per heavy atom. The molecule has 1 N–H and O–H groups in total. The van der Waals surface area contributed by atoms with Crippen LogP contribution in [-0.2, 0) is 19.7 Å². The van der Waals surface area contributed by atoms with Gasteiger partial charge in [-0.25, -0.2) is 14.4 Å². The summed E-state index contributed by atoms with van der Waals surface area (Å²) < 4.78 is 44.2. The highest BCUT2D eigenvalue weighted by Crippen LogP contribution is 2.43. The number of hydrogen-bond acceptors (Lipinski definition) is 10. The van der Waals surface area contributed by atoms with Gasteiger partial charge < -0.3 is 14.4 Å². The molecule has 1 aliphatic carbocycles. The maximum atomic E-state index is 14.0. The van der Waals surface area contributed by atoms with E-state index < -0.39 is 16.1 Å². The fourth-order valence-electron chi connectivity index (χ4n) is 8.98. The van der Waals surface area contributed by atoms with Crippen molar-refractivity contribution in [1.82, 2.24) is 33.6 Å². The number of pyridine rings is 1. The number of morpholine rings is 1. The molecule has 6 heterocycles. The summed E-state index contributed by atoms with van der Waals surface area (Å²) in [7, 11) is -2.34. The monoisotopic (exact) mass is 720 g/mol. The van der Waals surface area contributed by atoms with Gasteiger partial charge in [0.05, 0.1) is 42.3 Å². The van der Waals surface area contributed by atoms with Crippen LogP contribution in [0.4, 0.5) is 5.69 Å². The lowest BCUT2D eigenvalue weighted by molar-refractivity contribution is 0.0115. The van der Waals surface area contributed by atoms with Crippen molar-refractivity contribution in [2.24, 2.45) is 0 Å². The average Bonchev–Trinajstić information content (AvgIpc) is 3.76. The third-order valence-corrected chi connectivity index (χ3v) is 13.5. The molecule has 1 aromatic carbocycles. The molecule has 4 aliphatic heterocycles. The summed E-state index contributed by atoms with van der Waals surface area (Å²) in [6, 6.07) is 12.9. The van der Waals surface area contributed by atoms with Crippen molar-refractivity contribution in [3.05, 3.63) is 47.8 Å². The number of carbonyl (C=O) groups excluding carboxylic acids is 1. The Morgan fingerprint density at radius 1 is 0.902 bits per heavy atom. The van der Waals surface area contributed by atoms with Crippen molar-refractivity contribution >= 4 is 32.8 Å². The number of hydrogen-bond donors (Lipinski definition) is 1. The van der Waals surface area contributed by atoms with Crippen molar-refractivity contribution in [3.63, 3.8) is 0 Å². The number of nitrogens with one attached hydrogen (secondary N) is 1. The number of methoxy groups -OCH3 is 1. The first kappa shape index (κ1) is 34.9. The molecule has 3 aromatic rings. The summed E-state index contributed by atoms with van der Waals surface area (Å²) in [5.41, 5.74) is 3.48. The number of anilines is 1. The first-order chi connectivity index (χ1) is 24.9. The molecular weight excluding hydrogens is 669 g/mol. The van der Waals surface area contributed by atoms with E-state index in [-0.39, 0.29) is 5.69 Å². The van der Waals surface area contributed by atoms with Gasteiger partial charge in [0, 0.05) is 70.4 Å². The van der Waals surface area contributed by atoms with Crippen LogP contribution in [0.1, 0.15) is 79.9 Å². The number of nitrogens with zero attached hydrogens (tertiary/aromatic N) is 7. The quantitative estimate of drug-likeness (QED) is 0.333. The number of likely N-dealkylation sites (tertiary alicyclic amines) is 1. The van der Waals surface area contributed by atoms with E-state index in [0.29, 0.717) is 49.4 Å². The van der Waals surface area contributed by atoms with E-state index >= 15 is 0 Å². The lowest BCUT2D eigenvalue weighted by atomic mass is 9.82. The van der Waals surface area contributed by atoms with Gasteiger partial charge >= 0.3 is 10.2 Å². The number of para-hydroxylation sites is 1. The highest BCUT2D eigenvalue weighted by Gasteiger charge is 2.37. The number of piperidine rings is 2. The van der Waals surface area contributed by atoms with E-state index in [1.807, 2.05) is 41.1 Å². The van der Waals surface area contributed by atoms with Crippen molar-refractivity contribution in [1.29, 1.82) is 0 Å². The fraction of sp³-hybridized carbons (Fsp3) is 0.649. The normalized spacial score (nSPS) is 23.9. The van der Waals surface area contributed by atoms with Gasteiger partial charge in [0.2, 0.25) is 0 Å². The van der Waals surface area contributed by atoms with Crippen molar-refractivity contribution in [2.75, 3.05) is 77.6 Å². The molecule has 5 fully saturated rings. The van der Waals surface area contributed by atoms with Crippen LogP contribution in [0.2, 0.25) is 0 Å². The first-order valence-corrected chi connectivity index (χ1v) is 20.5. The maximum Gasteiger partial charge on any atom is 0.304 e. The molecule has 2 aromatic heterocycles. The molecule has 4 saturated heterocycles. The minimum absolute atomic E-state index is 0.0861. The number of carbonyl (C=O) groups is 1. The second-order valence-corrected chi connectivity index (χ2v) is 16.6. The van der Waals surface area contributed by atoms with Crippen LogP contribution in [0.5, 0.6) is 0 Å². The zero-order valence-corrected chi connectivity index (χ0v) is 30.6. The second kappa shape index (κ2) is 15.1. The molecule has 0 spiro atoms. The van der Waals surface area contributed by atoms with Gasteiger partial charge in [-0.1, -0.05) is 24.6 Å². The van der Waals surface area contributed by atoms with Crippen LogP contribution in [0.25, 0.3) is 16.7 Å². The highest BCUT2D eigenvalue weighted by molar-refractivity contribution is 7.87. The zero-order valence-electron chi connectivity index (χ0n) is 29.8. The minimum atomic E-state index is -4.08. The molecule has 1 saturated carbocycles. The SMILES string of the molecule is COC[C@@H]1CCCN1C1CCN(S(=O)(=O)NC(=O)c2cc(N3CCC(N4CCOCC4)CC3)c3c(C4CCC4)nn(-c4ccccc4)c3n2)CC1. The van der Waals surface area contributed by atoms with Crippen LogP contribution in [0, 0.1) is 0 Å². The Kier molecular flexibility index (Phi) is 10.3. The number of rotatable bonds is 10. The van der Waals surface area contributed by atoms with Crippen molar-refractivity contribution in [2.45, 2.75) is 81.8 Å². The van der Waals surface area contributed by atoms with Gasteiger partial charge in [-0.3, -0.25) is 14.6 Å². The molecule has 0 bridgehead atoms. The number of aromatic nitrogens is 3. The van der Waals surface area contributed by atoms with E-state index in [4.69, 9.17) is 19.6 Å². The molecule has 51 heavy (non-hydrogen) atoms. The molecular formula is C37H52N8O5S. The molecule has 1 amide bonds. The Bertz CT molecular complexity index is 1780. The van der Waals surface area contributed by atoms with E-state index in [0.717, 1.165) is 120 Å². The maximum absolute atomic E-state index is 14.0. The van der Waals surface area contributed by atoms with Gasteiger partial charge in [-0.15, -0.1) is 0 Å². The third kappa shape index (κ3) is 7.15. The summed E-state index contributed by atoms with van der Waals surface area (Å²) in [4.78, 5) is 26.3. The van der Waals surface area contributed by atoms with E-state index in [2.05, 4.69) is 19.4 Å². The summed E-state index contributed by atoms with van der Waals surface area (Å²) in [5, 5.41) is 6.14. The van der Waals surface area contributed by atoms with Crippen LogP contribution in [0.15, 0.2) is 36.4 Å². The molecule has 276 valence electrons. The predicted molar refractivity (Wildman–Crippen MR) is 196 cm³/mol. The third-order valence-electron chi connectivity index (χ3n) is 12.0. The molecule has 0 radical (unpaired) electrons. The number of benzene rings is 1. The molecule has 5 aliphatic rings. The summed E-state index contributed by atoms with van der Waals surface area (Å²) >= 11 is 0. The van der Waals surface area contributed by atoms with E-state index in [1.54, 1.807) is 7.11 Å². The molecule has 0 unspecified atom stereocenters.